The summed E-state index contributed by atoms with van der Waals surface area (Å²) in [5, 5.41) is 6.83. The number of H-pyrrole nitrogens is 1. The molecule has 0 atom stereocenters. The van der Waals surface area contributed by atoms with Crippen LogP contribution in [0.4, 0.5) is 11.4 Å². The number of aromatic nitrogens is 1. The van der Waals surface area contributed by atoms with E-state index in [1.54, 1.807) is 66.7 Å². The van der Waals surface area contributed by atoms with Crippen molar-refractivity contribution in [3.8, 4) is 0 Å². The smallest absolute Gasteiger partial charge is 0.305 e. The molecule has 6 nitrogen and oxygen atoms in total. The van der Waals surface area contributed by atoms with Gasteiger partial charge in [0.2, 0.25) is 5.96 Å². The third-order valence-electron chi connectivity index (χ3n) is 4.11. The lowest BCUT2D eigenvalue weighted by Crippen LogP contribution is -2.35. The van der Waals surface area contributed by atoms with Crippen LogP contribution in [-0.2, 0) is 0 Å². The Balaban J connectivity index is 1.67. The first-order valence-corrected chi connectivity index (χ1v) is 10.4. The number of anilines is 1. The quantitative estimate of drug-likeness (QED) is 0.283. The van der Waals surface area contributed by atoms with Crippen LogP contribution in [0.25, 0.3) is 10.2 Å². The third kappa shape index (κ3) is 4.71. The van der Waals surface area contributed by atoms with Gasteiger partial charge in [-0.05, 0) is 54.6 Å². The maximum atomic E-state index is 12.7. The van der Waals surface area contributed by atoms with Crippen molar-refractivity contribution in [3.63, 3.8) is 0 Å². The maximum Gasteiger partial charge on any atom is 0.305 e. The van der Waals surface area contributed by atoms with E-state index >= 15 is 0 Å². The Hall–Kier alpha value is -3.13. The van der Waals surface area contributed by atoms with Crippen LogP contribution in [0.1, 0.15) is 10.4 Å². The number of nitrogens with zero attached hydrogens (tertiary/aromatic N) is 1. The summed E-state index contributed by atoms with van der Waals surface area (Å²) < 4.78 is 0.783. The molecule has 0 unspecified atom stereocenters. The van der Waals surface area contributed by atoms with Crippen molar-refractivity contribution in [2.45, 2.75) is 0 Å². The number of rotatable bonds is 3. The fraction of sp³-hybridized carbons (Fsp3) is 0. The van der Waals surface area contributed by atoms with Gasteiger partial charge in [0.25, 0.3) is 5.91 Å². The van der Waals surface area contributed by atoms with Crippen molar-refractivity contribution >= 4 is 68.0 Å². The number of carbonyl (C=O) groups excluding carboxylic acids is 1. The number of aliphatic imine (C=N–C) groups is 1. The van der Waals surface area contributed by atoms with E-state index in [-0.39, 0.29) is 16.7 Å². The second kappa shape index (κ2) is 8.71. The van der Waals surface area contributed by atoms with Crippen molar-refractivity contribution in [2.24, 2.45) is 4.99 Å². The predicted octanol–water partition coefficient (Wildman–Crippen LogP) is 5.43. The normalized spacial score (nSPS) is 11.5. The first kappa shape index (κ1) is 20.2. The van der Waals surface area contributed by atoms with Crippen LogP contribution < -0.4 is 15.5 Å². The summed E-state index contributed by atoms with van der Waals surface area (Å²) in [5.41, 5.74) is 2.31. The number of guanidine groups is 1. The molecule has 4 aromatic rings. The molecule has 0 radical (unpaired) electrons. The number of fused-ring (bicyclic) bond motifs is 1. The van der Waals surface area contributed by atoms with Gasteiger partial charge in [-0.1, -0.05) is 46.7 Å². The van der Waals surface area contributed by atoms with Crippen molar-refractivity contribution in [3.05, 3.63) is 92.0 Å². The van der Waals surface area contributed by atoms with Crippen LogP contribution in [0.3, 0.4) is 0 Å². The Morgan fingerprint density at radius 2 is 1.77 bits per heavy atom. The van der Waals surface area contributed by atoms with Gasteiger partial charge in [-0.15, -0.1) is 0 Å². The minimum atomic E-state index is -0.364. The number of aromatic amines is 1. The molecule has 1 aromatic heterocycles. The number of thiazole rings is 1. The molecule has 9 heteroatoms. The van der Waals surface area contributed by atoms with Gasteiger partial charge in [0, 0.05) is 16.3 Å². The van der Waals surface area contributed by atoms with Gasteiger partial charge in [-0.25, -0.2) is 4.99 Å². The summed E-state index contributed by atoms with van der Waals surface area (Å²) in [4.78, 5) is 31.3. The van der Waals surface area contributed by atoms with E-state index in [0.717, 1.165) is 21.6 Å². The first-order chi connectivity index (χ1) is 14.5. The number of nitrogens with one attached hydrogen (secondary N) is 3. The standard InChI is InChI=1S/C21H14Cl2N4O2S/c22-13-7-5-12(6-8-13)19(28)27-20(25-16-4-2-1-3-15(16)23)24-14-9-10-17-18(11-14)30-21(29)26-17/h1-11H,(H,26,29)(H2,24,25,27,28). The van der Waals surface area contributed by atoms with E-state index < -0.39 is 0 Å². The summed E-state index contributed by atoms with van der Waals surface area (Å²) in [6.07, 6.45) is 0. The molecule has 1 amide bonds. The Kier molecular flexibility index (Phi) is 5.85. The molecule has 0 aliphatic carbocycles. The molecular weight excluding hydrogens is 443 g/mol. The number of para-hydroxylation sites is 1. The zero-order valence-electron chi connectivity index (χ0n) is 15.3. The second-order valence-corrected chi connectivity index (χ2v) is 8.08. The molecule has 30 heavy (non-hydrogen) atoms. The number of carbonyl (C=O) groups is 1. The van der Waals surface area contributed by atoms with Gasteiger partial charge in [-0.3, -0.25) is 14.9 Å². The van der Waals surface area contributed by atoms with Crippen LogP contribution in [0.15, 0.2) is 76.5 Å². The van der Waals surface area contributed by atoms with Gasteiger partial charge in [0.15, 0.2) is 0 Å². The zero-order valence-corrected chi connectivity index (χ0v) is 17.6. The highest BCUT2D eigenvalue weighted by atomic mass is 35.5. The van der Waals surface area contributed by atoms with Crippen molar-refractivity contribution in [1.82, 2.24) is 10.3 Å². The molecule has 0 saturated carbocycles. The molecular formula is C21H14Cl2N4O2S. The number of hydrogen-bond acceptors (Lipinski definition) is 4. The fourth-order valence-electron chi connectivity index (χ4n) is 2.69. The number of amides is 1. The average Bonchev–Trinajstić information content (AvgIpc) is 3.09. The molecule has 1 heterocycles. The summed E-state index contributed by atoms with van der Waals surface area (Å²) in [6.45, 7) is 0. The summed E-state index contributed by atoms with van der Waals surface area (Å²) in [7, 11) is 0. The van der Waals surface area contributed by atoms with Crippen LogP contribution >= 0.6 is 34.5 Å². The largest absolute Gasteiger partial charge is 0.326 e. The lowest BCUT2D eigenvalue weighted by atomic mass is 10.2. The van der Waals surface area contributed by atoms with E-state index in [1.807, 2.05) is 0 Å². The molecule has 4 rings (SSSR count). The highest BCUT2D eigenvalue weighted by molar-refractivity contribution is 7.16. The van der Waals surface area contributed by atoms with Crippen LogP contribution in [-0.4, -0.2) is 16.9 Å². The van der Waals surface area contributed by atoms with Crippen LogP contribution in [0.2, 0.25) is 10.0 Å². The highest BCUT2D eigenvalue weighted by Gasteiger charge is 2.11. The Morgan fingerprint density at radius 1 is 1.00 bits per heavy atom. The third-order valence-corrected chi connectivity index (χ3v) is 5.52. The Bertz CT molecular complexity index is 1310. The second-order valence-electron chi connectivity index (χ2n) is 6.22. The van der Waals surface area contributed by atoms with E-state index in [0.29, 0.717) is 27.0 Å². The highest BCUT2D eigenvalue weighted by Crippen LogP contribution is 2.25. The molecule has 0 fully saturated rings. The lowest BCUT2D eigenvalue weighted by Gasteiger charge is -2.12. The molecule has 0 bridgehead atoms. The molecule has 0 spiro atoms. The topological polar surface area (TPSA) is 86.3 Å². The molecule has 0 aliphatic rings. The van der Waals surface area contributed by atoms with Crippen LogP contribution in [0, 0.1) is 0 Å². The van der Waals surface area contributed by atoms with E-state index in [9.17, 15) is 9.59 Å². The van der Waals surface area contributed by atoms with E-state index in [2.05, 4.69) is 20.6 Å². The van der Waals surface area contributed by atoms with E-state index in [4.69, 9.17) is 23.2 Å². The van der Waals surface area contributed by atoms with Gasteiger partial charge < -0.3 is 10.3 Å². The molecule has 0 saturated heterocycles. The van der Waals surface area contributed by atoms with Crippen molar-refractivity contribution in [1.29, 1.82) is 0 Å². The van der Waals surface area contributed by atoms with Crippen molar-refractivity contribution < 1.29 is 4.79 Å². The summed E-state index contributed by atoms with van der Waals surface area (Å²) >= 11 is 13.2. The molecule has 0 aliphatic heterocycles. The van der Waals surface area contributed by atoms with Gasteiger partial charge in [0.1, 0.15) is 0 Å². The minimum absolute atomic E-state index is 0.136. The predicted molar refractivity (Wildman–Crippen MR) is 124 cm³/mol. The monoisotopic (exact) mass is 456 g/mol. The van der Waals surface area contributed by atoms with Crippen molar-refractivity contribution in [2.75, 3.05) is 5.32 Å². The van der Waals surface area contributed by atoms with Gasteiger partial charge >= 0.3 is 4.87 Å². The van der Waals surface area contributed by atoms with E-state index in [1.165, 1.54) is 0 Å². The minimum Gasteiger partial charge on any atom is -0.326 e. The lowest BCUT2D eigenvalue weighted by molar-refractivity contribution is 0.0977. The SMILES string of the molecule is O=C(NC(=Nc1ccccc1Cl)Nc1ccc2[nH]c(=O)sc2c1)c1ccc(Cl)cc1. The number of halogens is 2. The Labute approximate surface area is 185 Å². The van der Waals surface area contributed by atoms with Gasteiger partial charge in [0.05, 0.1) is 20.9 Å². The zero-order chi connectivity index (χ0) is 21.1. The maximum absolute atomic E-state index is 12.7. The number of hydrogen-bond donors (Lipinski definition) is 3. The number of benzene rings is 3. The van der Waals surface area contributed by atoms with Gasteiger partial charge in [-0.2, -0.15) is 0 Å². The average molecular weight is 457 g/mol. The molecule has 3 N–H and O–H groups in total. The first-order valence-electron chi connectivity index (χ1n) is 8.78. The molecule has 3 aromatic carbocycles. The fourth-order valence-corrected chi connectivity index (χ4v) is 3.77. The Morgan fingerprint density at radius 3 is 2.53 bits per heavy atom. The summed E-state index contributed by atoms with van der Waals surface area (Å²) in [6, 6.07) is 18.9. The summed E-state index contributed by atoms with van der Waals surface area (Å²) in [5.74, 6) is -0.178. The molecule has 150 valence electrons. The van der Waals surface area contributed by atoms with Crippen LogP contribution in [0.5, 0.6) is 0 Å².